The molecule has 0 saturated heterocycles. The van der Waals surface area contributed by atoms with Gasteiger partial charge >= 0.3 is 5.97 Å². The first kappa shape index (κ1) is 15.1. The maximum atomic E-state index is 13.1. The number of carbonyl (C=O) groups excluding carboxylic acids is 1. The van der Waals surface area contributed by atoms with E-state index in [0.717, 1.165) is 0 Å². The lowest BCUT2D eigenvalue weighted by molar-refractivity contribution is 0.0528. The lowest BCUT2D eigenvalue weighted by Gasteiger charge is -2.12. The summed E-state index contributed by atoms with van der Waals surface area (Å²) in [5, 5.41) is 4.76. The average molecular weight is 334 g/mol. The molecular weight excluding hydrogens is 320 g/mol. The molecule has 124 valence electrons. The number of fused-ring (bicyclic) bond motifs is 3. The molecule has 3 aromatic heterocycles. The Morgan fingerprint density at radius 1 is 1.16 bits per heavy atom. The van der Waals surface area contributed by atoms with Crippen molar-refractivity contribution in [1.82, 2.24) is 19.2 Å². The topological polar surface area (TPSA) is 78.5 Å². The molecule has 0 saturated carbocycles. The van der Waals surface area contributed by atoms with Gasteiger partial charge in [0, 0.05) is 6.20 Å². The zero-order valence-corrected chi connectivity index (χ0v) is 13.4. The second-order valence-corrected chi connectivity index (χ2v) is 5.38. The molecule has 7 nitrogen and oxygen atoms in total. The molecule has 25 heavy (non-hydrogen) atoms. The fraction of sp³-hybridized carbons (Fsp3) is 0.111. The van der Waals surface area contributed by atoms with E-state index in [9.17, 15) is 9.59 Å². The molecule has 0 radical (unpaired) electrons. The van der Waals surface area contributed by atoms with Crippen LogP contribution in [0, 0.1) is 0 Å². The number of ether oxygens (including phenoxy) is 1. The van der Waals surface area contributed by atoms with Crippen molar-refractivity contribution in [1.29, 1.82) is 0 Å². The third kappa shape index (κ3) is 2.28. The zero-order chi connectivity index (χ0) is 17.4. The predicted octanol–water partition coefficient (Wildman–Crippen LogP) is 2.21. The van der Waals surface area contributed by atoms with Crippen LogP contribution in [-0.4, -0.2) is 31.7 Å². The van der Waals surface area contributed by atoms with E-state index < -0.39 is 5.97 Å². The van der Waals surface area contributed by atoms with Crippen LogP contribution in [0.2, 0.25) is 0 Å². The number of rotatable bonds is 3. The molecule has 1 aromatic carbocycles. The molecule has 0 amide bonds. The Labute approximate surface area is 142 Å². The number of carbonyl (C=O) groups is 1. The second-order valence-electron chi connectivity index (χ2n) is 5.38. The van der Waals surface area contributed by atoms with E-state index in [1.165, 1.54) is 10.8 Å². The maximum Gasteiger partial charge on any atom is 0.343 e. The van der Waals surface area contributed by atoms with Crippen LogP contribution in [0.5, 0.6) is 0 Å². The van der Waals surface area contributed by atoms with Gasteiger partial charge in [-0.25, -0.2) is 9.31 Å². The normalized spacial score (nSPS) is 11.1. The number of esters is 1. The van der Waals surface area contributed by atoms with Crippen molar-refractivity contribution in [3.05, 3.63) is 70.9 Å². The van der Waals surface area contributed by atoms with E-state index in [0.29, 0.717) is 22.2 Å². The van der Waals surface area contributed by atoms with Crippen molar-refractivity contribution in [3.63, 3.8) is 0 Å². The lowest BCUT2D eigenvalue weighted by atomic mass is 10.2. The Morgan fingerprint density at radius 2 is 1.96 bits per heavy atom. The minimum Gasteiger partial charge on any atom is -0.462 e. The van der Waals surface area contributed by atoms with Gasteiger partial charge in [0.15, 0.2) is 5.65 Å². The van der Waals surface area contributed by atoms with Gasteiger partial charge in [0.1, 0.15) is 5.56 Å². The smallest absolute Gasteiger partial charge is 0.343 e. The summed E-state index contributed by atoms with van der Waals surface area (Å²) in [6, 6.07) is 10.8. The minimum absolute atomic E-state index is 0.230. The molecule has 0 aliphatic heterocycles. The summed E-state index contributed by atoms with van der Waals surface area (Å²) in [4.78, 5) is 29.5. The van der Waals surface area contributed by atoms with Crippen LogP contribution < -0.4 is 5.56 Å². The van der Waals surface area contributed by atoms with E-state index in [1.807, 2.05) is 18.2 Å². The van der Waals surface area contributed by atoms with Crippen molar-refractivity contribution in [3.8, 4) is 5.69 Å². The van der Waals surface area contributed by atoms with E-state index >= 15 is 0 Å². The molecule has 7 heteroatoms. The Balaban J connectivity index is 2.19. The van der Waals surface area contributed by atoms with Crippen molar-refractivity contribution >= 4 is 22.5 Å². The molecule has 0 N–H and O–H groups in total. The summed E-state index contributed by atoms with van der Waals surface area (Å²) in [7, 11) is 0. The summed E-state index contributed by atoms with van der Waals surface area (Å²) < 4.78 is 8.13. The van der Waals surface area contributed by atoms with Crippen molar-refractivity contribution in [2.75, 3.05) is 6.61 Å². The Hall–Kier alpha value is -3.48. The molecule has 0 aliphatic carbocycles. The van der Waals surface area contributed by atoms with E-state index in [4.69, 9.17) is 4.74 Å². The number of aromatic nitrogens is 4. The highest BCUT2D eigenvalue weighted by atomic mass is 16.5. The average Bonchev–Trinajstić information content (AvgIpc) is 3.08. The van der Waals surface area contributed by atoms with Crippen LogP contribution >= 0.6 is 0 Å². The minimum atomic E-state index is -0.523. The molecule has 0 fully saturated rings. The SMILES string of the molecule is CCOC(=O)c1cnn2c3cnccc3c(=O)n(-c3ccccc3)c12. The van der Waals surface area contributed by atoms with Gasteiger partial charge < -0.3 is 4.74 Å². The maximum absolute atomic E-state index is 13.1. The van der Waals surface area contributed by atoms with Gasteiger partial charge in [-0.3, -0.25) is 14.3 Å². The van der Waals surface area contributed by atoms with Gasteiger partial charge in [-0.1, -0.05) is 18.2 Å². The monoisotopic (exact) mass is 334 g/mol. The fourth-order valence-corrected chi connectivity index (χ4v) is 2.86. The van der Waals surface area contributed by atoms with Crippen molar-refractivity contribution in [2.45, 2.75) is 6.92 Å². The molecular formula is C18H14N4O3. The number of hydrogen-bond donors (Lipinski definition) is 0. The highest BCUT2D eigenvalue weighted by molar-refractivity contribution is 5.97. The molecule has 4 aromatic rings. The molecule has 0 spiro atoms. The third-order valence-electron chi connectivity index (χ3n) is 3.93. The van der Waals surface area contributed by atoms with Gasteiger partial charge in [-0.15, -0.1) is 0 Å². The van der Waals surface area contributed by atoms with Gasteiger partial charge in [0.25, 0.3) is 5.56 Å². The van der Waals surface area contributed by atoms with Crippen LogP contribution in [0.15, 0.2) is 59.8 Å². The third-order valence-corrected chi connectivity index (χ3v) is 3.93. The summed E-state index contributed by atoms with van der Waals surface area (Å²) in [6.45, 7) is 1.97. The van der Waals surface area contributed by atoms with Gasteiger partial charge in [-0.05, 0) is 25.1 Å². The number of hydrogen-bond acceptors (Lipinski definition) is 5. The molecule has 0 aliphatic rings. The zero-order valence-electron chi connectivity index (χ0n) is 13.4. The summed E-state index contributed by atoms with van der Waals surface area (Å²) in [5.41, 5.74) is 1.51. The number of benzene rings is 1. The van der Waals surface area contributed by atoms with Crippen LogP contribution in [0.25, 0.3) is 22.2 Å². The highest BCUT2D eigenvalue weighted by Gasteiger charge is 2.21. The largest absolute Gasteiger partial charge is 0.462 e. The van der Waals surface area contributed by atoms with Crippen LogP contribution in [0.4, 0.5) is 0 Å². The Morgan fingerprint density at radius 3 is 2.72 bits per heavy atom. The van der Waals surface area contributed by atoms with Crippen LogP contribution in [-0.2, 0) is 4.74 Å². The quantitative estimate of drug-likeness (QED) is 0.537. The number of pyridine rings is 1. The van der Waals surface area contributed by atoms with E-state index in [-0.39, 0.29) is 17.7 Å². The van der Waals surface area contributed by atoms with Crippen LogP contribution in [0.1, 0.15) is 17.3 Å². The fourth-order valence-electron chi connectivity index (χ4n) is 2.86. The lowest BCUT2D eigenvalue weighted by Crippen LogP contribution is -2.23. The van der Waals surface area contributed by atoms with E-state index in [2.05, 4.69) is 10.1 Å². The van der Waals surface area contributed by atoms with Crippen LogP contribution in [0.3, 0.4) is 0 Å². The first-order valence-electron chi connectivity index (χ1n) is 7.81. The van der Waals surface area contributed by atoms with E-state index in [1.54, 1.807) is 42.0 Å². The van der Waals surface area contributed by atoms with Crippen molar-refractivity contribution in [2.24, 2.45) is 0 Å². The van der Waals surface area contributed by atoms with Gasteiger partial charge in [-0.2, -0.15) is 5.10 Å². The van der Waals surface area contributed by atoms with Crippen molar-refractivity contribution < 1.29 is 9.53 Å². The predicted molar refractivity (Wildman–Crippen MR) is 92.0 cm³/mol. The number of para-hydroxylation sites is 1. The first-order valence-corrected chi connectivity index (χ1v) is 7.81. The Bertz CT molecular complexity index is 1150. The molecule has 0 unspecified atom stereocenters. The standard InChI is InChI=1S/C18H14N4O3/c1-2-25-18(24)14-10-20-22-15-11-19-9-8-13(15)17(23)21(16(14)22)12-6-4-3-5-7-12/h3-11H,2H2,1H3. The van der Waals surface area contributed by atoms with Gasteiger partial charge in [0.05, 0.1) is 35.6 Å². The highest BCUT2D eigenvalue weighted by Crippen LogP contribution is 2.20. The van der Waals surface area contributed by atoms with Gasteiger partial charge in [0.2, 0.25) is 0 Å². The summed E-state index contributed by atoms with van der Waals surface area (Å²) in [5.74, 6) is -0.523. The molecule has 0 atom stereocenters. The second kappa shape index (κ2) is 5.86. The first-order chi connectivity index (χ1) is 12.2. The summed E-state index contributed by atoms with van der Waals surface area (Å²) >= 11 is 0. The molecule has 3 heterocycles. The number of nitrogens with zero attached hydrogens (tertiary/aromatic N) is 4. The Kier molecular flexibility index (Phi) is 3.53. The molecule has 0 bridgehead atoms. The molecule has 4 rings (SSSR count). The summed E-state index contributed by atoms with van der Waals surface area (Å²) in [6.07, 6.45) is 4.53.